The van der Waals surface area contributed by atoms with Gasteiger partial charge in [0.15, 0.2) is 0 Å². The molecule has 0 atom stereocenters. The number of carbonyl (C=O) groups excluding carboxylic acids is 2. The van der Waals surface area contributed by atoms with E-state index >= 15 is 0 Å². The van der Waals surface area contributed by atoms with Crippen molar-refractivity contribution in [1.82, 2.24) is 4.98 Å². The van der Waals surface area contributed by atoms with Crippen molar-refractivity contribution in [3.05, 3.63) is 35.2 Å². The first-order valence-electron chi connectivity index (χ1n) is 5.18. The van der Waals surface area contributed by atoms with Crippen LogP contribution in [0.3, 0.4) is 0 Å². The highest BCUT2D eigenvalue weighted by molar-refractivity contribution is 6.32. The summed E-state index contributed by atoms with van der Waals surface area (Å²) < 4.78 is 0. The fourth-order valence-electron chi connectivity index (χ4n) is 1.65. The number of amides is 2. The maximum Gasteiger partial charge on any atom is 0.337 e. The van der Waals surface area contributed by atoms with Gasteiger partial charge in [-0.05, 0) is 19.9 Å². The molecular weight excluding hydrogens is 236 g/mol. The lowest BCUT2D eigenvalue weighted by molar-refractivity contribution is -0.120. The van der Waals surface area contributed by atoms with Gasteiger partial charge in [0.05, 0.1) is 17.4 Å². The van der Waals surface area contributed by atoms with Crippen LogP contribution in [0.1, 0.15) is 24.2 Å². The SMILES string of the molecule is CC1=C(C)C(=O)N(c2cncc(C(=O)O)c2)C1=O. The molecule has 1 N–H and O–H groups in total. The van der Waals surface area contributed by atoms with E-state index in [1.54, 1.807) is 13.8 Å². The van der Waals surface area contributed by atoms with Crippen LogP contribution in [0.2, 0.25) is 0 Å². The molecule has 0 aromatic carbocycles. The van der Waals surface area contributed by atoms with Crippen LogP contribution < -0.4 is 4.90 Å². The van der Waals surface area contributed by atoms with E-state index in [0.29, 0.717) is 11.1 Å². The molecule has 0 fully saturated rings. The van der Waals surface area contributed by atoms with Crippen LogP contribution in [-0.4, -0.2) is 27.9 Å². The van der Waals surface area contributed by atoms with Crippen LogP contribution in [0.4, 0.5) is 5.69 Å². The molecular formula is C12H10N2O4. The second kappa shape index (κ2) is 4.06. The first-order valence-corrected chi connectivity index (χ1v) is 5.18. The summed E-state index contributed by atoms with van der Waals surface area (Å²) in [6.45, 7) is 3.12. The Morgan fingerprint density at radius 1 is 1.17 bits per heavy atom. The van der Waals surface area contributed by atoms with E-state index in [1.165, 1.54) is 12.3 Å². The zero-order valence-corrected chi connectivity index (χ0v) is 9.80. The highest BCUT2D eigenvalue weighted by atomic mass is 16.4. The molecule has 2 amide bonds. The van der Waals surface area contributed by atoms with Gasteiger partial charge in [0.1, 0.15) is 0 Å². The van der Waals surface area contributed by atoms with E-state index in [4.69, 9.17) is 5.11 Å². The van der Waals surface area contributed by atoms with Gasteiger partial charge in [0.25, 0.3) is 11.8 Å². The Hall–Kier alpha value is -2.50. The van der Waals surface area contributed by atoms with Crippen molar-refractivity contribution >= 4 is 23.5 Å². The predicted molar refractivity (Wildman–Crippen MR) is 62.1 cm³/mol. The largest absolute Gasteiger partial charge is 0.478 e. The standard InChI is InChI=1S/C12H10N2O4/c1-6-7(2)11(16)14(10(6)15)9-3-8(12(17)18)4-13-5-9/h3-5H,1-2H3,(H,17,18). The Kier molecular flexibility index (Phi) is 2.70. The number of pyridine rings is 1. The highest BCUT2D eigenvalue weighted by Gasteiger charge is 2.34. The predicted octanol–water partition coefficient (Wildman–Crippen LogP) is 0.989. The second-order valence-corrected chi connectivity index (χ2v) is 3.93. The summed E-state index contributed by atoms with van der Waals surface area (Å²) in [5.74, 6) is -2.05. The van der Waals surface area contributed by atoms with Crippen molar-refractivity contribution in [2.45, 2.75) is 13.8 Å². The molecule has 6 nitrogen and oxygen atoms in total. The Morgan fingerprint density at radius 3 is 2.22 bits per heavy atom. The number of carboxylic acids is 1. The van der Waals surface area contributed by atoms with E-state index in [2.05, 4.69) is 4.98 Å². The van der Waals surface area contributed by atoms with Crippen LogP contribution in [0, 0.1) is 0 Å². The van der Waals surface area contributed by atoms with Gasteiger partial charge in [-0.25, -0.2) is 9.69 Å². The van der Waals surface area contributed by atoms with Gasteiger partial charge in [-0.15, -0.1) is 0 Å². The number of anilines is 1. The minimum Gasteiger partial charge on any atom is -0.478 e. The zero-order chi connectivity index (χ0) is 13.4. The second-order valence-electron chi connectivity index (χ2n) is 3.93. The van der Waals surface area contributed by atoms with Crippen molar-refractivity contribution in [3.8, 4) is 0 Å². The average Bonchev–Trinajstić information content (AvgIpc) is 2.54. The summed E-state index contributed by atoms with van der Waals surface area (Å²) in [6.07, 6.45) is 2.44. The van der Waals surface area contributed by atoms with Crippen molar-refractivity contribution < 1.29 is 19.5 Å². The molecule has 0 aliphatic carbocycles. The number of nitrogens with zero attached hydrogens (tertiary/aromatic N) is 2. The topological polar surface area (TPSA) is 87.6 Å². The van der Waals surface area contributed by atoms with E-state index < -0.39 is 17.8 Å². The maximum absolute atomic E-state index is 11.9. The van der Waals surface area contributed by atoms with E-state index in [-0.39, 0.29) is 11.3 Å². The van der Waals surface area contributed by atoms with Crippen LogP contribution in [-0.2, 0) is 9.59 Å². The Labute approximate surface area is 103 Å². The third-order valence-corrected chi connectivity index (χ3v) is 2.84. The van der Waals surface area contributed by atoms with Crippen molar-refractivity contribution in [3.63, 3.8) is 0 Å². The monoisotopic (exact) mass is 246 g/mol. The number of carboxylic acid groups (broad SMARTS) is 1. The molecule has 92 valence electrons. The smallest absolute Gasteiger partial charge is 0.337 e. The molecule has 1 aromatic heterocycles. The summed E-state index contributed by atoms with van der Waals surface area (Å²) in [6, 6.07) is 1.25. The summed E-state index contributed by atoms with van der Waals surface area (Å²) in [5, 5.41) is 8.85. The fraction of sp³-hybridized carbons (Fsp3) is 0.167. The number of hydrogen-bond acceptors (Lipinski definition) is 4. The first kappa shape index (κ1) is 12.0. The maximum atomic E-state index is 11.9. The molecule has 0 saturated carbocycles. The lowest BCUT2D eigenvalue weighted by Crippen LogP contribution is -2.31. The number of rotatable bonds is 2. The van der Waals surface area contributed by atoms with Crippen LogP contribution in [0.15, 0.2) is 29.6 Å². The molecule has 6 heteroatoms. The van der Waals surface area contributed by atoms with Crippen molar-refractivity contribution in [2.24, 2.45) is 0 Å². The molecule has 1 aliphatic rings. The van der Waals surface area contributed by atoms with Crippen LogP contribution >= 0.6 is 0 Å². The zero-order valence-electron chi connectivity index (χ0n) is 9.80. The molecule has 1 aliphatic heterocycles. The Morgan fingerprint density at radius 2 is 1.72 bits per heavy atom. The third kappa shape index (κ3) is 1.67. The number of imide groups is 1. The van der Waals surface area contributed by atoms with Gasteiger partial charge in [0.2, 0.25) is 0 Å². The summed E-state index contributed by atoms with van der Waals surface area (Å²) in [7, 11) is 0. The van der Waals surface area contributed by atoms with Gasteiger partial charge in [-0.3, -0.25) is 14.6 Å². The number of aromatic nitrogens is 1. The van der Waals surface area contributed by atoms with Crippen molar-refractivity contribution in [2.75, 3.05) is 4.90 Å². The average molecular weight is 246 g/mol. The molecule has 1 aromatic rings. The van der Waals surface area contributed by atoms with Gasteiger partial charge in [0, 0.05) is 17.3 Å². The van der Waals surface area contributed by atoms with Crippen molar-refractivity contribution in [1.29, 1.82) is 0 Å². The summed E-state index contributed by atoms with van der Waals surface area (Å²) >= 11 is 0. The first-order chi connectivity index (χ1) is 8.43. The molecule has 2 heterocycles. The highest BCUT2D eigenvalue weighted by Crippen LogP contribution is 2.26. The number of hydrogen-bond donors (Lipinski definition) is 1. The van der Waals surface area contributed by atoms with E-state index in [0.717, 1.165) is 11.1 Å². The summed E-state index contributed by atoms with van der Waals surface area (Å²) in [5.41, 5.74) is 0.817. The van der Waals surface area contributed by atoms with Crippen LogP contribution in [0.5, 0.6) is 0 Å². The van der Waals surface area contributed by atoms with E-state index in [9.17, 15) is 14.4 Å². The minimum absolute atomic E-state index is 0.0738. The minimum atomic E-state index is -1.16. The molecule has 2 rings (SSSR count). The van der Waals surface area contributed by atoms with Gasteiger partial charge in [-0.2, -0.15) is 0 Å². The summed E-state index contributed by atoms with van der Waals surface area (Å²) in [4.78, 5) is 39.2. The lowest BCUT2D eigenvalue weighted by atomic mass is 10.2. The molecule has 0 radical (unpaired) electrons. The fourth-order valence-corrected chi connectivity index (χ4v) is 1.65. The molecule has 0 saturated heterocycles. The normalized spacial score (nSPS) is 15.6. The van der Waals surface area contributed by atoms with Gasteiger partial charge in [-0.1, -0.05) is 0 Å². The molecule has 18 heavy (non-hydrogen) atoms. The van der Waals surface area contributed by atoms with Gasteiger partial charge < -0.3 is 5.11 Å². The number of carbonyl (C=O) groups is 3. The van der Waals surface area contributed by atoms with Gasteiger partial charge >= 0.3 is 5.97 Å². The van der Waals surface area contributed by atoms with E-state index in [1.807, 2.05) is 0 Å². The Bertz CT molecular complexity index is 580. The molecule has 0 unspecified atom stereocenters. The molecule has 0 spiro atoms. The Balaban J connectivity index is 2.46. The molecule has 0 bridgehead atoms. The lowest BCUT2D eigenvalue weighted by Gasteiger charge is -2.14. The van der Waals surface area contributed by atoms with Crippen LogP contribution in [0.25, 0.3) is 0 Å². The number of aromatic carboxylic acids is 1. The quantitative estimate of drug-likeness (QED) is 0.786. The third-order valence-electron chi connectivity index (χ3n) is 2.84.